The summed E-state index contributed by atoms with van der Waals surface area (Å²) in [6, 6.07) is 0. The van der Waals surface area contributed by atoms with Gasteiger partial charge in [-0.25, -0.2) is 0 Å². The SMILES string of the molecule is C#CC(CCC=C)O[P+](=O)OCCC=C. The number of hydrogen-bond acceptors (Lipinski definition) is 3. The van der Waals surface area contributed by atoms with Crippen molar-refractivity contribution in [3.8, 4) is 12.3 Å². The van der Waals surface area contributed by atoms with Gasteiger partial charge in [-0.15, -0.1) is 28.6 Å². The summed E-state index contributed by atoms with van der Waals surface area (Å²) >= 11 is 0. The van der Waals surface area contributed by atoms with E-state index >= 15 is 0 Å². The highest BCUT2D eigenvalue weighted by molar-refractivity contribution is 7.33. The monoisotopic (exact) mass is 227 g/mol. The first-order valence-corrected chi connectivity index (χ1v) is 5.79. The van der Waals surface area contributed by atoms with Crippen molar-refractivity contribution >= 4 is 8.25 Å². The number of rotatable bonds is 9. The van der Waals surface area contributed by atoms with Crippen LogP contribution in [-0.4, -0.2) is 12.7 Å². The van der Waals surface area contributed by atoms with E-state index in [4.69, 9.17) is 15.5 Å². The third-order valence-electron chi connectivity index (χ3n) is 1.55. The minimum atomic E-state index is -2.13. The lowest BCUT2D eigenvalue weighted by Gasteiger charge is -1.99. The van der Waals surface area contributed by atoms with E-state index in [-0.39, 0.29) is 0 Å². The van der Waals surface area contributed by atoms with E-state index in [1.165, 1.54) is 0 Å². The lowest BCUT2D eigenvalue weighted by Crippen LogP contribution is -2.05. The van der Waals surface area contributed by atoms with Crippen molar-refractivity contribution in [1.29, 1.82) is 0 Å². The number of hydrogen-bond donors (Lipinski definition) is 0. The van der Waals surface area contributed by atoms with Crippen LogP contribution < -0.4 is 0 Å². The average molecular weight is 227 g/mol. The minimum absolute atomic E-state index is 0.331. The molecule has 0 spiro atoms. The van der Waals surface area contributed by atoms with Crippen molar-refractivity contribution in [3.05, 3.63) is 25.3 Å². The molecule has 0 N–H and O–H groups in total. The van der Waals surface area contributed by atoms with Crippen LogP contribution in [0.3, 0.4) is 0 Å². The molecule has 0 aliphatic carbocycles. The normalized spacial score (nSPS) is 12.6. The molecule has 0 saturated heterocycles. The van der Waals surface area contributed by atoms with Crippen molar-refractivity contribution in [2.24, 2.45) is 0 Å². The Bertz CT molecular complexity index is 255. The van der Waals surface area contributed by atoms with Gasteiger partial charge in [0.2, 0.25) is 0 Å². The van der Waals surface area contributed by atoms with Gasteiger partial charge in [-0.05, 0) is 19.3 Å². The molecule has 0 saturated carbocycles. The van der Waals surface area contributed by atoms with E-state index in [1.807, 2.05) is 0 Å². The molecular weight excluding hydrogens is 211 g/mol. The fraction of sp³-hybridized carbons (Fsp3) is 0.455. The summed E-state index contributed by atoms with van der Waals surface area (Å²) in [6.07, 6.45) is 10.1. The maximum absolute atomic E-state index is 11.2. The first kappa shape index (κ1) is 14.1. The second-order valence-electron chi connectivity index (χ2n) is 2.76. The molecule has 0 heterocycles. The van der Waals surface area contributed by atoms with Crippen molar-refractivity contribution in [2.45, 2.75) is 25.4 Å². The zero-order valence-electron chi connectivity index (χ0n) is 8.72. The first-order chi connectivity index (χ1) is 7.24. The highest BCUT2D eigenvalue weighted by Crippen LogP contribution is 2.27. The highest BCUT2D eigenvalue weighted by atomic mass is 31.1. The van der Waals surface area contributed by atoms with Gasteiger partial charge in [0.05, 0.1) is 0 Å². The average Bonchev–Trinajstić information content (AvgIpc) is 2.24. The molecule has 2 unspecified atom stereocenters. The van der Waals surface area contributed by atoms with E-state index in [0.717, 1.165) is 6.42 Å². The standard InChI is InChI=1S/C11H16O3P/c1-4-7-9-11(6-3)14-15(12)13-10-8-5-2/h3-5,11H,1-2,7-10H2/q+1. The Morgan fingerprint density at radius 3 is 2.60 bits per heavy atom. The summed E-state index contributed by atoms with van der Waals surface area (Å²) in [5.74, 6) is 2.40. The second kappa shape index (κ2) is 9.61. The van der Waals surface area contributed by atoms with Crippen LogP contribution in [0.4, 0.5) is 0 Å². The Hall–Kier alpha value is -0.940. The Morgan fingerprint density at radius 1 is 1.40 bits per heavy atom. The van der Waals surface area contributed by atoms with E-state index in [2.05, 4.69) is 19.1 Å². The maximum Gasteiger partial charge on any atom is 0.698 e. The quantitative estimate of drug-likeness (QED) is 0.262. The van der Waals surface area contributed by atoms with Gasteiger partial charge in [-0.2, -0.15) is 0 Å². The summed E-state index contributed by atoms with van der Waals surface area (Å²) in [6.45, 7) is 7.41. The van der Waals surface area contributed by atoms with Crippen LogP contribution in [0.5, 0.6) is 0 Å². The number of allylic oxidation sites excluding steroid dienone is 1. The molecule has 0 amide bonds. The third kappa shape index (κ3) is 8.08. The molecule has 2 atom stereocenters. The van der Waals surface area contributed by atoms with Gasteiger partial charge in [0.25, 0.3) is 0 Å². The van der Waals surface area contributed by atoms with E-state index in [0.29, 0.717) is 19.4 Å². The fourth-order valence-electron chi connectivity index (χ4n) is 0.781. The van der Waals surface area contributed by atoms with Crippen molar-refractivity contribution < 1.29 is 13.6 Å². The van der Waals surface area contributed by atoms with E-state index < -0.39 is 14.4 Å². The molecule has 3 nitrogen and oxygen atoms in total. The summed E-state index contributed by atoms with van der Waals surface area (Å²) in [7, 11) is -2.13. The molecule has 15 heavy (non-hydrogen) atoms. The molecule has 0 fully saturated rings. The largest absolute Gasteiger partial charge is 0.698 e. The van der Waals surface area contributed by atoms with Crippen molar-refractivity contribution in [2.75, 3.05) is 6.61 Å². The van der Waals surface area contributed by atoms with Gasteiger partial charge >= 0.3 is 8.25 Å². The van der Waals surface area contributed by atoms with Crippen molar-refractivity contribution in [1.82, 2.24) is 0 Å². The van der Waals surface area contributed by atoms with Crippen LogP contribution in [0.25, 0.3) is 0 Å². The smallest absolute Gasteiger partial charge is 0.119 e. The Kier molecular flexibility index (Phi) is 9.01. The van der Waals surface area contributed by atoms with Gasteiger partial charge in [-0.1, -0.05) is 18.1 Å². The van der Waals surface area contributed by atoms with Crippen LogP contribution in [0.15, 0.2) is 25.3 Å². The second-order valence-corrected chi connectivity index (χ2v) is 3.68. The zero-order chi connectivity index (χ0) is 11.5. The van der Waals surface area contributed by atoms with Gasteiger partial charge in [-0.3, -0.25) is 0 Å². The Labute approximate surface area is 92.1 Å². The lowest BCUT2D eigenvalue weighted by molar-refractivity contribution is 0.194. The van der Waals surface area contributed by atoms with Crippen LogP contribution >= 0.6 is 8.25 Å². The molecule has 0 aromatic carbocycles. The molecule has 0 bridgehead atoms. The van der Waals surface area contributed by atoms with Gasteiger partial charge in [0.15, 0.2) is 6.10 Å². The van der Waals surface area contributed by atoms with Gasteiger partial charge in [0.1, 0.15) is 6.61 Å². The van der Waals surface area contributed by atoms with Crippen LogP contribution in [0, 0.1) is 12.3 Å². The van der Waals surface area contributed by atoms with E-state index in [1.54, 1.807) is 12.2 Å². The molecule has 0 aliphatic heterocycles. The summed E-state index contributed by atoms with van der Waals surface area (Å²) in [5, 5.41) is 0. The molecule has 82 valence electrons. The van der Waals surface area contributed by atoms with E-state index in [9.17, 15) is 4.57 Å². The Morgan fingerprint density at radius 2 is 2.07 bits per heavy atom. The van der Waals surface area contributed by atoms with Gasteiger partial charge < -0.3 is 0 Å². The van der Waals surface area contributed by atoms with Crippen LogP contribution in [0.1, 0.15) is 19.3 Å². The zero-order valence-corrected chi connectivity index (χ0v) is 9.62. The molecule has 0 aliphatic rings. The third-order valence-corrected chi connectivity index (χ3v) is 2.37. The molecule has 4 heteroatoms. The fourth-order valence-corrected chi connectivity index (χ4v) is 1.47. The molecule has 0 aromatic heterocycles. The maximum atomic E-state index is 11.2. The van der Waals surface area contributed by atoms with Crippen molar-refractivity contribution in [3.63, 3.8) is 0 Å². The Balaban J connectivity index is 3.75. The van der Waals surface area contributed by atoms with Crippen LogP contribution in [-0.2, 0) is 13.6 Å². The molecular formula is C11H16O3P+. The van der Waals surface area contributed by atoms with Gasteiger partial charge in [0, 0.05) is 4.57 Å². The minimum Gasteiger partial charge on any atom is -0.119 e. The molecule has 0 rings (SSSR count). The topological polar surface area (TPSA) is 35.5 Å². The van der Waals surface area contributed by atoms with Crippen LogP contribution in [0.2, 0.25) is 0 Å². The predicted octanol–water partition coefficient (Wildman–Crippen LogP) is 3.22. The summed E-state index contributed by atoms with van der Waals surface area (Å²) in [5.41, 5.74) is 0. The summed E-state index contributed by atoms with van der Waals surface area (Å²) in [4.78, 5) is 0. The highest BCUT2D eigenvalue weighted by Gasteiger charge is 2.25. The first-order valence-electron chi connectivity index (χ1n) is 4.69. The summed E-state index contributed by atoms with van der Waals surface area (Å²) < 4.78 is 21.1. The predicted molar refractivity (Wildman–Crippen MR) is 61.5 cm³/mol. The molecule has 0 radical (unpaired) electrons. The number of terminal acetylenes is 1. The lowest BCUT2D eigenvalue weighted by atomic mass is 10.2. The molecule has 0 aromatic rings.